The summed E-state index contributed by atoms with van der Waals surface area (Å²) in [6.07, 6.45) is -1.10. The van der Waals surface area contributed by atoms with Crippen molar-refractivity contribution in [1.82, 2.24) is 0 Å². The van der Waals surface area contributed by atoms with Crippen LogP contribution >= 0.6 is 0 Å². The van der Waals surface area contributed by atoms with E-state index in [4.69, 9.17) is 5.73 Å². The molecule has 1 aliphatic rings. The van der Waals surface area contributed by atoms with Crippen molar-refractivity contribution in [2.24, 2.45) is 5.73 Å². The van der Waals surface area contributed by atoms with Gasteiger partial charge < -0.3 is 5.73 Å². The first-order chi connectivity index (χ1) is 8.97. The minimum atomic E-state index is -4.07. The van der Waals surface area contributed by atoms with Crippen LogP contribution in [0.5, 0.6) is 0 Å². The molecule has 0 aromatic heterocycles. The van der Waals surface area contributed by atoms with E-state index in [0.717, 1.165) is 19.3 Å². The van der Waals surface area contributed by atoms with Crippen LogP contribution in [0.1, 0.15) is 49.1 Å². The van der Waals surface area contributed by atoms with Crippen molar-refractivity contribution < 1.29 is 13.2 Å². The van der Waals surface area contributed by atoms with E-state index in [-0.39, 0.29) is 18.4 Å². The normalized spacial score (nSPS) is 20.9. The van der Waals surface area contributed by atoms with Crippen molar-refractivity contribution in [3.05, 3.63) is 35.4 Å². The fraction of sp³-hybridized carbons (Fsp3) is 0.600. The molecular weight excluding hydrogens is 251 g/mol. The molecule has 1 aromatic carbocycles. The highest BCUT2D eigenvalue weighted by Crippen LogP contribution is 2.35. The number of benzene rings is 1. The summed E-state index contributed by atoms with van der Waals surface area (Å²) in [4.78, 5) is 0. The second-order valence-electron chi connectivity index (χ2n) is 5.37. The number of nitrogens with two attached hydrogens (primary N) is 1. The zero-order valence-electron chi connectivity index (χ0n) is 10.9. The van der Waals surface area contributed by atoms with Gasteiger partial charge >= 0.3 is 6.18 Å². The fourth-order valence-corrected chi connectivity index (χ4v) is 2.98. The van der Waals surface area contributed by atoms with Crippen LogP contribution in [-0.4, -0.2) is 12.2 Å². The van der Waals surface area contributed by atoms with Gasteiger partial charge in [-0.1, -0.05) is 24.3 Å². The Labute approximate surface area is 112 Å². The molecule has 106 valence electrons. The molecule has 0 saturated heterocycles. The average Bonchev–Trinajstić information content (AvgIpc) is 2.36. The topological polar surface area (TPSA) is 26.0 Å². The summed E-state index contributed by atoms with van der Waals surface area (Å²) < 4.78 is 36.4. The van der Waals surface area contributed by atoms with Crippen LogP contribution in [0.4, 0.5) is 13.2 Å². The minimum absolute atomic E-state index is 0.128. The zero-order valence-corrected chi connectivity index (χ0v) is 10.9. The Morgan fingerprint density at radius 2 is 2.00 bits per heavy atom. The molecule has 1 nitrogen and oxygen atoms in total. The predicted molar refractivity (Wildman–Crippen MR) is 70.0 cm³/mol. The maximum atomic E-state index is 12.1. The molecule has 0 fully saturated rings. The summed E-state index contributed by atoms with van der Waals surface area (Å²) in [5.41, 5.74) is 8.68. The monoisotopic (exact) mass is 271 g/mol. The molecule has 0 spiro atoms. The summed E-state index contributed by atoms with van der Waals surface area (Å²) in [6, 6.07) is 8.01. The van der Waals surface area contributed by atoms with Gasteiger partial charge in [0.25, 0.3) is 0 Å². The van der Waals surface area contributed by atoms with Crippen molar-refractivity contribution in [3.8, 4) is 0 Å². The molecule has 0 radical (unpaired) electrons. The standard InChI is InChI=1S/C15H20F3N/c16-15(17,18)10-4-9-14(19)13-8-3-6-11-5-1-2-7-12(11)13/h1-2,5,7,13-14H,3-4,6,8-10,19H2. The highest BCUT2D eigenvalue weighted by Gasteiger charge is 2.29. The molecule has 2 rings (SSSR count). The Morgan fingerprint density at radius 1 is 1.26 bits per heavy atom. The van der Waals surface area contributed by atoms with Gasteiger partial charge in [0.05, 0.1) is 0 Å². The van der Waals surface area contributed by atoms with Gasteiger partial charge in [0.1, 0.15) is 0 Å². The molecule has 4 heteroatoms. The fourth-order valence-electron chi connectivity index (χ4n) is 2.98. The highest BCUT2D eigenvalue weighted by molar-refractivity contribution is 5.33. The number of alkyl halides is 3. The quantitative estimate of drug-likeness (QED) is 0.874. The second-order valence-corrected chi connectivity index (χ2v) is 5.37. The van der Waals surface area contributed by atoms with Crippen LogP contribution < -0.4 is 5.73 Å². The summed E-state index contributed by atoms with van der Waals surface area (Å²) in [7, 11) is 0. The lowest BCUT2D eigenvalue weighted by molar-refractivity contribution is -0.135. The third kappa shape index (κ3) is 3.96. The van der Waals surface area contributed by atoms with Crippen molar-refractivity contribution in [2.75, 3.05) is 0 Å². The van der Waals surface area contributed by atoms with Crippen LogP contribution in [0, 0.1) is 0 Å². The SMILES string of the molecule is NC(CCCC(F)(F)F)C1CCCc2ccccc21. The Bertz CT molecular complexity index is 414. The van der Waals surface area contributed by atoms with Crippen LogP contribution in [0.2, 0.25) is 0 Å². The van der Waals surface area contributed by atoms with Gasteiger partial charge in [-0.15, -0.1) is 0 Å². The molecule has 0 heterocycles. The summed E-state index contributed by atoms with van der Waals surface area (Å²) in [5.74, 6) is 0.221. The van der Waals surface area contributed by atoms with Gasteiger partial charge in [-0.25, -0.2) is 0 Å². The number of fused-ring (bicyclic) bond motifs is 1. The number of halogens is 3. The largest absolute Gasteiger partial charge is 0.389 e. The predicted octanol–water partition coefficient (Wildman–Crippen LogP) is 4.17. The van der Waals surface area contributed by atoms with E-state index >= 15 is 0 Å². The number of aryl methyl sites for hydroxylation is 1. The van der Waals surface area contributed by atoms with E-state index in [1.165, 1.54) is 11.1 Å². The first-order valence-electron chi connectivity index (χ1n) is 6.87. The maximum Gasteiger partial charge on any atom is 0.389 e. The van der Waals surface area contributed by atoms with Crippen molar-refractivity contribution in [2.45, 2.75) is 56.7 Å². The summed E-state index contributed by atoms with van der Waals surface area (Å²) in [6.45, 7) is 0. The highest BCUT2D eigenvalue weighted by atomic mass is 19.4. The maximum absolute atomic E-state index is 12.1. The molecule has 0 saturated carbocycles. The van der Waals surface area contributed by atoms with Crippen molar-refractivity contribution >= 4 is 0 Å². The molecule has 2 N–H and O–H groups in total. The smallest absolute Gasteiger partial charge is 0.327 e. The van der Waals surface area contributed by atoms with Gasteiger partial charge in [0, 0.05) is 12.5 Å². The van der Waals surface area contributed by atoms with Crippen molar-refractivity contribution in [3.63, 3.8) is 0 Å². The number of hydrogen-bond acceptors (Lipinski definition) is 1. The molecule has 2 atom stereocenters. The molecular formula is C15H20F3N. The molecule has 2 unspecified atom stereocenters. The Hall–Kier alpha value is -1.03. The van der Waals surface area contributed by atoms with Gasteiger partial charge in [0.2, 0.25) is 0 Å². The molecule has 19 heavy (non-hydrogen) atoms. The Kier molecular flexibility index (Phi) is 4.50. The van der Waals surface area contributed by atoms with Crippen LogP contribution in [0.3, 0.4) is 0 Å². The lowest BCUT2D eigenvalue weighted by Crippen LogP contribution is -2.31. The van der Waals surface area contributed by atoms with E-state index in [0.29, 0.717) is 6.42 Å². The second kappa shape index (κ2) is 5.95. The lowest BCUT2D eigenvalue weighted by Gasteiger charge is -2.30. The number of rotatable bonds is 4. The molecule has 0 bridgehead atoms. The zero-order chi connectivity index (χ0) is 13.9. The van der Waals surface area contributed by atoms with Crippen molar-refractivity contribution in [1.29, 1.82) is 0 Å². The van der Waals surface area contributed by atoms with Crippen LogP contribution in [0.15, 0.2) is 24.3 Å². The summed E-state index contributed by atoms with van der Waals surface area (Å²) >= 11 is 0. The molecule has 1 aromatic rings. The lowest BCUT2D eigenvalue weighted by atomic mass is 9.78. The Balaban J connectivity index is 1.95. The van der Waals surface area contributed by atoms with Gasteiger partial charge in [-0.05, 0) is 49.1 Å². The molecule has 1 aliphatic carbocycles. The third-order valence-electron chi connectivity index (χ3n) is 3.93. The summed E-state index contributed by atoms with van der Waals surface area (Å²) in [5, 5.41) is 0. The van der Waals surface area contributed by atoms with E-state index in [1.807, 2.05) is 12.1 Å². The van der Waals surface area contributed by atoms with E-state index in [1.54, 1.807) is 0 Å². The van der Waals surface area contributed by atoms with E-state index in [9.17, 15) is 13.2 Å². The van der Waals surface area contributed by atoms with Gasteiger partial charge in [-0.2, -0.15) is 13.2 Å². The van der Waals surface area contributed by atoms with Crippen LogP contribution in [0.25, 0.3) is 0 Å². The average molecular weight is 271 g/mol. The van der Waals surface area contributed by atoms with Crippen LogP contribution in [-0.2, 0) is 6.42 Å². The molecule has 0 aliphatic heterocycles. The van der Waals surface area contributed by atoms with E-state index < -0.39 is 12.6 Å². The first kappa shape index (κ1) is 14.4. The molecule has 0 amide bonds. The van der Waals surface area contributed by atoms with Gasteiger partial charge in [0.15, 0.2) is 0 Å². The minimum Gasteiger partial charge on any atom is -0.327 e. The first-order valence-corrected chi connectivity index (χ1v) is 6.87. The Morgan fingerprint density at radius 3 is 2.74 bits per heavy atom. The van der Waals surface area contributed by atoms with E-state index in [2.05, 4.69) is 12.1 Å². The van der Waals surface area contributed by atoms with Gasteiger partial charge in [-0.3, -0.25) is 0 Å². The third-order valence-corrected chi connectivity index (χ3v) is 3.93. The number of hydrogen-bond donors (Lipinski definition) is 1.